The zero-order valence-corrected chi connectivity index (χ0v) is 12.9. The van der Waals surface area contributed by atoms with Crippen molar-refractivity contribution >= 4 is 22.5 Å². The van der Waals surface area contributed by atoms with Gasteiger partial charge in [-0.3, -0.25) is 4.79 Å². The number of aromatic amines is 1. The van der Waals surface area contributed by atoms with Crippen molar-refractivity contribution in [3.8, 4) is 5.75 Å². The van der Waals surface area contributed by atoms with Crippen molar-refractivity contribution in [2.75, 3.05) is 20.3 Å². The molecule has 0 atom stereocenters. The molecule has 0 amide bonds. The lowest BCUT2D eigenvalue weighted by atomic mass is 9.89. The summed E-state index contributed by atoms with van der Waals surface area (Å²) >= 11 is 6.16. The highest BCUT2D eigenvalue weighted by atomic mass is 35.5. The maximum Gasteiger partial charge on any atom is 0.193 e. The van der Waals surface area contributed by atoms with Gasteiger partial charge in [0.2, 0.25) is 0 Å². The van der Waals surface area contributed by atoms with Gasteiger partial charge in [-0.25, -0.2) is 0 Å². The van der Waals surface area contributed by atoms with Crippen LogP contribution >= 0.6 is 11.6 Å². The van der Waals surface area contributed by atoms with Crippen LogP contribution < -0.4 is 10.2 Å². The lowest BCUT2D eigenvalue weighted by molar-refractivity contribution is 0.0850. The lowest BCUT2D eigenvalue weighted by Gasteiger charge is -2.23. The lowest BCUT2D eigenvalue weighted by Crippen LogP contribution is -2.22. The molecule has 2 aromatic rings. The summed E-state index contributed by atoms with van der Waals surface area (Å²) in [5.41, 5.74) is 2.61. The third-order valence-corrected chi connectivity index (χ3v) is 4.43. The Balaban J connectivity index is 2.20. The molecule has 4 nitrogen and oxygen atoms in total. The molecule has 0 unspecified atom stereocenters. The van der Waals surface area contributed by atoms with Gasteiger partial charge in [0.1, 0.15) is 5.75 Å². The second-order valence-corrected chi connectivity index (χ2v) is 5.82. The van der Waals surface area contributed by atoms with Gasteiger partial charge < -0.3 is 14.5 Å². The molecule has 21 heavy (non-hydrogen) atoms. The van der Waals surface area contributed by atoms with E-state index in [-0.39, 0.29) is 11.3 Å². The van der Waals surface area contributed by atoms with Crippen molar-refractivity contribution in [1.82, 2.24) is 4.98 Å². The van der Waals surface area contributed by atoms with E-state index in [0.717, 1.165) is 29.6 Å². The van der Waals surface area contributed by atoms with E-state index >= 15 is 0 Å². The van der Waals surface area contributed by atoms with Crippen molar-refractivity contribution < 1.29 is 9.47 Å². The zero-order chi connectivity index (χ0) is 15.0. The number of benzene rings is 1. The van der Waals surface area contributed by atoms with Gasteiger partial charge in [0, 0.05) is 35.9 Å². The van der Waals surface area contributed by atoms with Crippen LogP contribution in [0.3, 0.4) is 0 Å². The zero-order valence-electron chi connectivity index (χ0n) is 12.2. The molecule has 0 bridgehead atoms. The fourth-order valence-corrected chi connectivity index (χ4v) is 3.30. The highest BCUT2D eigenvalue weighted by molar-refractivity contribution is 6.32. The molecule has 112 valence electrons. The molecular formula is C16H18ClNO3. The van der Waals surface area contributed by atoms with E-state index in [9.17, 15) is 4.79 Å². The number of ether oxygens (including phenoxy) is 2. The van der Waals surface area contributed by atoms with Crippen molar-refractivity contribution in [3.63, 3.8) is 0 Å². The number of hydrogen-bond donors (Lipinski definition) is 1. The Labute approximate surface area is 128 Å². The van der Waals surface area contributed by atoms with Crippen LogP contribution in [0.15, 0.2) is 16.9 Å². The second-order valence-electron chi connectivity index (χ2n) is 5.41. The Bertz CT molecular complexity index is 732. The van der Waals surface area contributed by atoms with E-state index in [0.29, 0.717) is 29.4 Å². The maximum atomic E-state index is 12.8. The molecule has 0 radical (unpaired) electrons. The normalized spacial score (nSPS) is 16.3. The van der Waals surface area contributed by atoms with Gasteiger partial charge in [-0.1, -0.05) is 11.6 Å². The van der Waals surface area contributed by atoms with E-state index in [1.54, 1.807) is 19.2 Å². The number of fused-ring (bicyclic) bond motifs is 1. The van der Waals surface area contributed by atoms with Crippen LogP contribution in [0.5, 0.6) is 5.75 Å². The van der Waals surface area contributed by atoms with Crippen LogP contribution in [-0.2, 0) is 4.74 Å². The van der Waals surface area contributed by atoms with Gasteiger partial charge in [-0.2, -0.15) is 0 Å². The van der Waals surface area contributed by atoms with Gasteiger partial charge in [0.25, 0.3) is 0 Å². The van der Waals surface area contributed by atoms with Crippen LogP contribution in [0, 0.1) is 6.92 Å². The number of aromatic nitrogens is 1. The predicted molar refractivity (Wildman–Crippen MR) is 83.7 cm³/mol. The summed E-state index contributed by atoms with van der Waals surface area (Å²) in [7, 11) is 1.56. The SMILES string of the molecule is COc1cc2[nH]c(C)c(C3CCOCC3)c(=O)c2cc1Cl. The average molecular weight is 308 g/mol. The number of rotatable bonds is 2. The number of H-pyrrole nitrogens is 1. The van der Waals surface area contributed by atoms with Gasteiger partial charge in [0.05, 0.1) is 17.6 Å². The minimum absolute atomic E-state index is 0.0673. The Morgan fingerprint density at radius 2 is 2.05 bits per heavy atom. The average Bonchev–Trinajstić information content (AvgIpc) is 2.49. The monoisotopic (exact) mass is 307 g/mol. The van der Waals surface area contributed by atoms with Crippen LogP contribution in [0.2, 0.25) is 5.02 Å². The van der Waals surface area contributed by atoms with Crippen LogP contribution in [0.1, 0.15) is 30.0 Å². The topological polar surface area (TPSA) is 51.3 Å². The molecule has 2 heterocycles. The first-order valence-corrected chi connectivity index (χ1v) is 7.47. The largest absolute Gasteiger partial charge is 0.495 e. The Morgan fingerprint density at radius 3 is 2.71 bits per heavy atom. The van der Waals surface area contributed by atoms with Crippen LogP contribution in [-0.4, -0.2) is 25.3 Å². The summed E-state index contributed by atoms with van der Waals surface area (Å²) in [6.45, 7) is 3.38. The molecule has 0 spiro atoms. The molecule has 0 aliphatic carbocycles. The molecule has 1 aromatic carbocycles. The van der Waals surface area contributed by atoms with Crippen molar-refractivity contribution in [2.45, 2.75) is 25.7 Å². The first kappa shape index (κ1) is 14.4. The van der Waals surface area contributed by atoms with Crippen molar-refractivity contribution in [1.29, 1.82) is 0 Å². The number of methoxy groups -OCH3 is 1. The second kappa shape index (κ2) is 5.70. The fourth-order valence-electron chi connectivity index (χ4n) is 3.06. The molecule has 3 rings (SSSR count). The quantitative estimate of drug-likeness (QED) is 0.925. The molecule has 1 fully saturated rings. The summed E-state index contributed by atoms with van der Waals surface area (Å²) < 4.78 is 10.6. The van der Waals surface area contributed by atoms with Crippen molar-refractivity contribution in [3.05, 3.63) is 38.6 Å². The Morgan fingerprint density at radius 1 is 1.33 bits per heavy atom. The molecule has 1 aliphatic heterocycles. The van der Waals surface area contributed by atoms with Gasteiger partial charge >= 0.3 is 0 Å². The van der Waals surface area contributed by atoms with Gasteiger partial charge in [-0.05, 0) is 31.7 Å². The highest BCUT2D eigenvalue weighted by Crippen LogP contribution is 2.31. The molecule has 1 aliphatic rings. The predicted octanol–water partition coefficient (Wildman–Crippen LogP) is 3.39. The Hall–Kier alpha value is -1.52. The number of hydrogen-bond acceptors (Lipinski definition) is 3. The van der Waals surface area contributed by atoms with Crippen molar-refractivity contribution in [2.24, 2.45) is 0 Å². The smallest absolute Gasteiger partial charge is 0.193 e. The molecule has 1 N–H and O–H groups in total. The first-order valence-electron chi connectivity index (χ1n) is 7.09. The number of halogens is 1. The van der Waals surface area contributed by atoms with Crippen LogP contribution in [0.4, 0.5) is 0 Å². The highest BCUT2D eigenvalue weighted by Gasteiger charge is 2.22. The summed E-state index contributed by atoms with van der Waals surface area (Å²) in [6.07, 6.45) is 1.78. The van der Waals surface area contributed by atoms with E-state index in [1.807, 2.05) is 6.92 Å². The number of pyridine rings is 1. The Kier molecular flexibility index (Phi) is 3.91. The van der Waals surface area contributed by atoms with Crippen LogP contribution in [0.25, 0.3) is 10.9 Å². The first-order chi connectivity index (χ1) is 10.1. The maximum absolute atomic E-state index is 12.8. The molecule has 1 aromatic heterocycles. The minimum Gasteiger partial charge on any atom is -0.495 e. The minimum atomic E-state index is 0.0673. The van der Waals surface area contributed by atoms with E-state index < -0.39 is 0 Å². The fraction of sp³-hybridized carbons (Fsp3) is 0.438. The summed E-state index contributed by atoms with van der Waals surface area (Å²) in [5.74, 6) is 0.825. The van der Waals surface area contributed by atoms with E-state index in [1.165, 1.54) is 0 Å². The molecular weight excluding hydrogens is 290 g/mol. The van der Waals surface area contributed by atoms with Gasteiger partial charge in [-0.15, -0.1) is 0 Å². The van der Waals surface area contributed by atoms with E-state index in [4.69, 9.17) is 21.1 Å². The molecule has 1 saturated heterocycles. The molecule has 0 saturated carbocycles. The number of aryl methyl sites for hydroxylation is 1. The number of nitrogens with one attached hydrogen (secondary N) is 1. The summed E-state index contributed by atoms with van der Waals surface area (Å²) in [4.78, 5) is 16.2. The third kappa shape index (κ3) is 2.54. The van der Waals surface area contributed by atoms with E-state index in [2.05, 4.69) is 4.98 Å². The third-order valence-electron chi connectivity index (χ3n) is 4.14. The summed E-state index contributed by atoms with van der Waals surface area (Å²) in [5, 5.41) is 1.07. The standard InChI is InChI=1S/C16H18ClNO3/c1-9-15(10-3-5-21-6-4-10)16(19)11-7-12(17)14(20-2)8-13(11)18-9/h7-8,10H,3-6H2,1-2H3,(H,18,19). The van der Waals surface area contributed by atoms with Gasteiger partial charge in [0.15, 0.2) is 5.43 Å². The molecule has 5 heteroatoms. The summed E-state index contributed by atoms with van der Waals surface area (Å²) in [6, 6.07) is 3.47.